The second kappa shape index (κ2) is 5.10. The molecule has 6 aromatic rings. The molecule has 4 aromatic carbocycles. The van der Waals surface area contributed by atoms with Gasteiger partial charge < -0.3 is 9.13 Å². The summed E-state index contributed by atoms with van der Waals surface area (Å²) in [6.45, 7) is 0. The van der Waals surface area contributed by atoms with E-state index in [-0.39, 0.29) is 11.9 Å². The fourth-order valence-corrected chi connectivity index (χ4v) is 4.69. The van der Waals surface area contributed by atoms with E-state index in [1.165, 1.54) is 0 Å². The molecule has 2 nitrogen and oxygen atoms in total. The average Bonchev–Trinajstić information content (AvgIpc) is 3.16. The maximum Gasteiger partial charge on any atom is 0.194 e. The Balaban J connectivity index is 1.81. The van der Waals surface area contributed by atoms with Crippen LogP contribution < -0.4 is 0 Å². The van der Waals surface area contributed by atoms with Crippen LogP contribution in [0, 0.1) is 11.9 Å². The number of halogens is 2. The second-order valence-electron chi connectivity index (χ2n) is 7.48. The Morgan fingerprint density at radius 1 is 0.500 bits per heavy atom. The summed E-state index contributed by atoms with van der Waals surface area (Å²) in [7, 11) is 3.50. The highest BCUT2D eigenvalue weighted by atomic mass is 19.1. The van der Waals surface area contributed by atoms with E-state index in [0.717, 1.165) is 54.1 Å². The van der Waals surface area contributed by atoms with E-state index in [4.69, 9.17) is 0 Å². The number of nitrogens with zero attached hydrogens (tertiary/aromatic N) is 2. The molecule has 136 valence electrons. The number of rotatable bonds is 0. The first-order valence-electron chi connectivity index (χ1n) is 9.21. The van der Waals surface area contributed by atoms with Crippen LogP contribution in [0.15, 0.2) is 60.7 Å². The van der Waals surface area contributed by atoms with Crippen LogP contribution in [0.2, 0.25) is 0 Å². The third-order valence-electron chi connectivity index (χ3n) is 6.06. The van der Waals surface area contributed by atoms with Gasteiger partial charge in [-0.2, -0.15) is 8.78 Å². The molecular formula is C24H16F2N2. The minimum absolute atomic E-state index is 0.241. The van der Waals surface area contributed by atoms with Crippen molar-refractivity contribution in [3.05, 3.63) is 72.6 Å². The lowest BCUT2D eigenvalue weighted by Crippen LogP contribution is -1.92. The molecule has 2 aromatic heterocycles. The molecule has 0 bridgehead atoms. The highest BCUT2D eigenvalue weighted by Crippen LogP contribution is 2.37. The van der Waals surface area contributed by atoms with Gasteiger partial charge in [-0.15, -0.1) is 0 Å². The third-order valence-corrected chi connectivity index (χ3v) is 6.06. The lowest BCUT2D eigenvalue weighted by molar-refractivity contribution is 0.542. The molecule has 0 saturated heterocycles. The van der Waals surface area contributed by atoms with E-state index in [1.807, 2.05) is 12.1 Å². The van der Waals surface area contributed by atoms with E-state index in [9.17, 15) is 8.78 Å². The number of fused-ring (bicyclic) bond motifs is 9. The molecule has 0 aliphatic heterocycles. The van der Waals surface area contributed by atoms with Gasteiger partial charge in [0, 0.05) is 47.8 Å². The summed E-state index contributed by atoms with van der Waals surface area (Å²) in [4.78, 5) is 0. The Kier molecular flexibility index (Phi) is 2.85. The van der Waals surface area contributed by atoms with Crippen LogP contribution in [0.25, 0.3) is 54.1 Å². The van der Waals surface area contributed by atoms with Crippen molar-refractivity contribution in [2.24, 2.45) is 14.1 Å². The highest BCUT2D eigenvalue weighted by molar-refractivity contribution is 6.24. The monoisotopic (exact) mass is 370 g/mol. The highest BCUT2D eigenvalue weighted by Gasteiger charge is 2.14. The molecule has 6 rings (SSSR count). The second-order valence-corrected chi connectivity index (χ2v) is 7.48. The van der Waals surface area contributed by atoms with Crippen LogP contribution in [0.4, 0.5) is 8.78 Å². The fourth-order valence-electron chi connectivity index (χ4n) is 4.69. The topological polar surface area (TPSA) is 9.86 Å². The summed E-state index contributed by atoms with van der Waals surface area (Å²) in [5.74, 6) is -0.483. The molecular weight excluding hydrogens is 354 g/mol. The lowest BCUT2D eigenvalue weighted by atomic mass is 9.95. The normalized spacial score (nSPS) is 12.3. The first kappa shape index (κ1) is 15.6. The Labute approximate surface area is 159 Å². The van der Waals surface area contributed by atoms with Gasteiger partial charge in [-0.3, -0.25) is 0 Å². The SMILES string of the molecule is Cn1c(F)cc2ccc3c4ccc5c(ccc6cc(F)n(C)c65)c4ccc3c21. The predicted molar refractivity (Wildman–Crippen MR) is 112 cm³/mol. The van der Waals surface area contributed by atoms with Crippen molar-refractivity contribution >= 4 is 54.1 Å². The Morgan fingerprint density at radius 3 is 1.25 bits per heavy atom. The summed E-state index contributed by atoms with van der Waals surface area (Å²) in [5.41, 5.74) is 1.80. The summed E-state index contributed by atoms with van der Waals surface area (Å²) in [5, 5.41) is 8.26. The van der Waals surface area contributed by atoms with Gasteiger partial charge in [-0.05, 0) is 21.5 Å². The maximum atomic E-state index is 14.1. The number of aryl methyl sites for hydroxylation is 2. The van der Waals surface area contributed by atoms with Crippen LogP contribution in [0.5, 0.6) is 0 Å². The Hall–Kier alpha value is -3.40. The molecule has 0 aliphatic carbocycles. The minimum atomic E-state index is -0.241. The quantitative estimate of drug-likeness (QED) is 0.274. The lowest BCUT2D eigenvalue weighted by Gasteiger charge is -2.11. The van der Waals surface area contributed by atoms with Crippen molar-refractivity contribution < 1.29 is 8.78 Å². The molecule has 0 spiro atoms. The van der Waals surface area contributed by atoms with Gasteiger partial charge in [0.2, 0.25) is 0 Å². The summed E-state index contributed by atoms with van der Waals surface area (Å²) < 4.78 is 31.4. The van der Waals surface area contributed by atoms with Crippen LogP contribution in [-0.4, -0.2) is 9.13 Å². The number of aromatic nitrogens is 2. The Morgan fingerprint density at radius 2 is 0.821 bits per heavy atom. The summed E-state index contributed by atoms with van der Waals surface area (Å²) in [6, 6.07) is 19.5. The molecule has 0 fully saturated rings. The molecule has 0 atom stereocenters. The van der Waals surface area contributed by atoms with Crippen LogP contribution in [-0.2, 0) is 14.1 Å². The molecule has 0 N–H and O–H groups in total. The van der Waals surface area contributed by atoms with E-state index in [2.05, 4.69) is 36.4 Å². The van der Waals surface area contributed by atoms with E-state index >= 15 is 0 Å². The standard InChI is InChI=1S/C24H16F2N2/c1-27-21(25)11-13-3-5-17-15-8-10-20-18(16(15)7-9-19(17)23(13)27)6-4-14-12-22(26)28(2)24(14)20/h3-12H,1-2H3. The molecule has 0 saturated carbocycles. The van der Waals surface area contributed by atoms with E-state index in [1.54, 1.807) is 35.4 Å². The first-order chi connectivity index (χ1) is 13.5. The predicted octanol–water partition coefficient (Wildman–Crippen LogP) is 6.41. The zero-order chi connectivity index (χ0) is 19.2. The van der Waals surface area contributed by atoms with Gasteiger partial charge in [0.1, 0.15) is 0 Å². The van der Waals surface area contributed by atoms with Crippen molar-refractivity contribution in [3.8, 4) is 0 Å². The Bertz CT molecular complexity index is 1480. The van der Waals surface area contributed by atoms with Crippen molar-refractivity contribution in [1.29, 1.82) is 0 Å². The van der Waals surface area contributed by atoms with Crippen LogP contribution >= 0.6 is 0 Å². The number of hydrogen-bond acceptors (Lipinski definition) is 0. The van der Waals surface area contributed by atoms with Crippen molar-refractivity contribution in [2.45, 2.75) is 0 Å². The average molecular weight is 370 g/mol. The molecule has 0 radical (unpaired) electrons. The van der Waals surface area contributed by atoms with Crippen LogP contribution in [0.3, 0.4) is 0 Å². The summed E-state index contributed by atoms with van der Waals surface area (Å²) >= 11 is 0. The number of benzene rings is 4. The maximum absolute atomic E-state index is 14.1. The van der Waals surface area contributed by atoms with Gasteiger partial charge in [0.05, 0.1) is 11.0 Å². The molecule has 4 heteroatoms. The molecule has 28 heavy (non-hydrogen) atoms. The van der Waals surface area contributed by atoms with E-state index in [0.29, 0.717) is 0 Å². The van der Waals surface area contributed by atoms with Crippen molar-refractivity contribution in [2.75, 3.05) is 0 Å². The summed E-state index contributed by atoms with van der Waals surface area (Å²) in [6.07, 6.45) is 0. The minimum Gasteiger partial charge on any atom is -0.320 e. The molecule has 0 aliphatic rings. The first-order valence-corrected chi connectivity index (χ1v) is 9.21. The molecule has 2 heterocycles. The van der Waals surface area contributed by atoms with Gasteiger partial charge >= 0.3 is 0 Å². The zero-order valence-electron chi connectivity index (χ0n) is 15.4. The smallest absolute Gasteiger partial charge is 0.194 e. The van der Waals surface area contributed by atoms with E-state index < -0.39 is 0 Å². The van der Waals surface area contributed by atoms with Crippen molar-refractivity contribution in [3.63, 3.8) is 0 Å². The molecule has 0 amide bonds. The fraction of sp³-hybridized carbons (Fsp3) is 0.0833. The zero-order valence-corrected chi connectivity index (χ0v) is 15.4. The largest absolute Gasteiger partial charge is 0.320 e. The van der Waals surface area contributed by atoms with Gasteiger partial charge in [-0.1, -0.05) is 48.5 Å². The van der Waals surface area contributed by atoms with Crippen LogP contribution in [0.1, 0.15) is 0 Å². The third kappa shape index (κ3) is 1.80. The van der Waals surface area contributed by atoms with Gasteiger partial charge in [-0.25, -0.2) is 0 Å². The van der Waals surface area contributed by atoms with Gasteiger partial charge in [0.15, 0.2) is 11.9 Å². The van der Waals surface area contributed by atoms with Gasteiger partial charge in [0.25, 0.3) is 0 Å². The molecule has 0 unspecified atom stereocenters. The van der Waals surface area contributed by atoms with Crippen molar-refractivity contribution in [1.82, 2.24) is 9.13 Å². The number of hydrogen-bond donors (Lipinski definition) is 0.